The highest BCUT2D eigenvalue weighted by molar-refractivity contribution is 5.80. The first-order chi connectivity index (χ1) is 13.2. The second-order valence-electron chi connectivity index (χ2n) is 7.52. The van der Waals surface area contributed by atoms with E-state index in [4.69, 9.17) is 0 Å². The monoisotopic (exact) mass is 364 g/mol. The van der Waals surface area contributed by atoms with E-state index in [9.17, 15) is 0 Å². The Morgan fingerprint density at radius 1 is 1.11 bits per heavy atom. The van der Waals surface area contributed by atoms with Crippen LogP contribution < -0.4 is 10.6 Å². The van der Waals surface area contributed by atoms with Crippen molar-refractivity contribution in [2.24, 2.45) is 4.99 Å². The van der Waals surface area contributed by atoms with E-state index in [1.807, 2.05) is 7.05 Å². The summed E-state index contributed by atoms with van der Waals surface area (Å²) in [5.41, 5.74) is 4.02. The van der Waals surface area contributed by atoms with E-state index in [0.29, 0.717) is 12.1 Å². The molecule has 4 nitrogen and oxygen atoms in total. The highest BCUT2D eigenvalue weighted by Gasteiger charge is 2.25. The summed E-state index contributed by atoms with van der Waals surface area (Å²) in [5, 5.41) is 7.09. The van der Waals surface area contributed by atoms with Gasteiger partial charge in [-0.3, -0.25) is 9.89 Å². The van der Waals surface area contributed by atoms with Crippen molar-refractivity contribution in [1.29, 1.82) is 0 Å². The number of piperidine rings is 1. The Balaban J connectivity index is 1.48. The molecule has 0 bridgehead atoms. The summed E-state index contributed by atoms with van der Waals surface area (Å²) in [6.45, 7) is 7.43. The van der Waals surface area contributed by atoms with Gasteiger partial charge in [0, 0.05) is 38.8 Å². The second kappa shape index (κ2) is 9.56. The van der Waals surface area contributed by atoms with Gasteiger partial charge in [-0.05, 0) is 43.4 Å². The SMILES string of the molecule is CN=C(NCc1ccccc1C)NC1CCN(Cc2ccccc2)C(C)C1. The number of nitrogens with zero attached hydrogens (tertiary/aromatic N) is 2. The molecule has 0 saturated carbocycles. The minimum atomic E-state index is 0.468. The van der Waals surface area contributed by atoms with Gasteiger partial charge < -0.3 is 10.6 Å². The number of rotatable bonds is 5. The van der Waals surface area contributed by atoms with Crippen molar-refractivity contribution in [2.75, 3.05) is 13.6 Å². The van der Waals surface area contributed by atoms with Crippen LogP contribution in [0.5, 0.6) is 0 Å². The van der Waals surface area contributed by atoms with Crippen molar-refractivity contribution >= 4 is 5.96 Å². The largest absolute Gasteiger partial charge is 0.354 e. The Kier molecular flexibility index (Phi) is 6.88. The molecule has 2 unspecified atom stereocenters. The molecule has 2 aromatic carbocycles. The molecule has 0 aromatic heterocycles. The van der Waals surface area contributed by atoms with Crippen molar-refractivity contribution in [3.05, 3.63) is 71.3 Å². The standard InChI is InChI=1S/C23H32N4/c1-18-9-7-8-12-21(18)16-25-23(24-3)26-22-13-14-27(19(2)15-22)17-20-10-5-4-6-11-20/h4-12,19,22H,13-17H2,1-3H3,(H2,24,25,26). The van der Waals surface area contributed by atoms with Gasteiger partial charge in [-0.25, -0.2) is 0 Å². The fourth-order valence-corrected chi connectivity index (χ4v) is 3.78. The van der Waals surface area contributed by atoms with Crippen molar-refractivity contribution in [1.82, 2.24) is 15.5 Å². The third-order valence-corrected chi connectivity index (χ3v) is 5.51. The number of nitrogens with one attached hydrogen (secondary N) is 2. The maximum atomic E-state index is 4.42. The lowest BCUT2D eigenvalue weighted by Crippen LogP contribution is -2.51. The average Bonchev–Trinajstić information content (AvgIpc) is 2.69. The van der Waals surface area contributed by atoms with Crippen LogP contribution in [0.4, 0.5) is 0 Å². The number of benzene rings is 2. The lowest BCUT2D eigenvalue weighted by Gasteiger charge is -2.38. The molecule has 1 saturated heterocycles. The van der Waals surface area contributed by atoms with Gasteiger partial charge in [0.25, 0.3) is 0 Å². The molecule has 1 heterocycles. The first-order valence-electron chi connectivity index (χ1n) is 9.95. The van der Waals surface area contributed by atoms with Crippen LogP contribution in [0.25, 0.3) is 0 Å². The van der Waals surface area contributed by atoms with E-state index in [1.165, 1.54) is 16.7 Å². The molecule has 1 aliphatic rings. The Morgan fingerprint density at radius 3 is 2.56 bits per heavy atom. The number of hydrogen-bond acceptors (Lipinski definition) is 2. The molecule has 0 aliphatic carbocycles. The van der Waals surface area contributed by atoms with Crippen molar-refractivity contribution in [3.63, 3.8) is 0 Å². The summed E-state index contributed by atoms with van der Waals surface area (Å²) >= 11 is 0. The fraction of sp³-hybridized carbons (Fsp3) is 0.435. The zero-order valence-corrected chi connectivity index (χ0v) is 16.8. The minimum absolute atomic E-state index is 0.468. The molecule has 0 amide bonds. The van der Waals surface area contributed by atoms with Gasteiger partial charge in [0.1, 0.15) is 0 Å². The smallest absolute Gasteiger partial charge is 0.191 e. The summed E-state index contributed by atoms with van der Waals surface area (Å²) in [5.74, 6) is 0.895. The molecule has 0 radical (unpaired) electrons. The summed E-state index contributed by atoms with van der Waals surface area (Å²) in [4.78, 5) is 7.00. The Hall–Kier alpha value is -2.33. The molecule has 1 fully saturated rings. The topological polar surface area (TPSA) is 39.7 Å². The molecule has 144 valence electrons. The zero-order chi connectivity index (χ0) is 19.1. The van der Waals surface area contributed by atoms with Crippen LogP contribution in [0.1, 0.15) is 36.5 Å². The van der Waals surface area contributed by atoms with Crippen LogP contribution in [-0.2, 0) is 13.1 Å². The molecule has 1 aliphatic heterocycles. The fourth-order valence-electron chi connectivity index (χ4n) is 3.78. The molecular formula is C23H32N4. The molecule has 2 atom stereocenters. The van der Waals surface area contributed by atoms with Gasteiger partial charge in [-0.15, -0.1) is 0 Å². The van der Waals surface area contributed by atoms with Gasteiger partial charge in [0.15, 0.2) is 5.96 Å². The molecule has 2 N–H and O–H groups in total. The lowest BCUT2D eigenvalue weighted by atomic mass is 9.97. The van der Waals surface area contributed by atoms with E-state index in [2.05, 4.69) is 89.0 Å². The lowest BCUT2D eigenvalue weighted by molar-refractivity contribution is 0.134. The summed E-state index contributed by atoms with van der Waals surface area (Å²) in [6, 6.07) is 20.3. The Labute approximate surface area is 163 Å². The second-order valence-corrected chi connectivity index (χ2v) is 7.52. The number of aryl methyl sites for hydroxylation is 1. The predicted octanol–water partition coefficient (Wildman–Crippen LogP) is 3.71. The minimum Gasteiger partial charge on any atom is -0.354 e. The zero-order valence-electron chi connectivity index (χ0n) is 16.8. The molecule has 27 heavy (non-hydrogen) atoms. The quantitative estimate of drug-likeness (QED) is 0.627. The third-order valence-electron chi connectivity index (χ3n) is 5.51. The van der Waals surface area contributed by atoms with Crippen LogP contribution >= 0.6 is 0 Å². The molecular weight excluding hydrogens is 332 g/mol. The van der Waals surface area contributed by atoms with Crippen LogP contribution in [0, 0.1) is 6.92 Å². The predicted molar refractivity (Wildman–Crippen MR) is 114 cm³/mol. The summed E-state index contributed by atoms with van der Waals surface area (Å²) in [6.07, 6.45) is 2.28. The van der Waals surface area contributed by atoms with Gasteiger partial charge in [-0.1, -0.05) is 54.6 Å². The maximum Gasteiger partial charge on any atom is 0.191 e. The first kappa shape index (κ1) is 19.4. The van der Waals surface area contributed by atoms with Crippen LogP contribution in [0.3, 0.4) is 0 Å². The van der Waals surface area contributed by atoms with Crippen LogP contribution in [0.2, 0.25) is 0 Å². The number of hydrogen-bond donors (Lipinski definition) is 2. The summed E-state index contributed by atoms with van der Waals surface area (Å²) < 4.78 is 0. The van der Waals surface area contributed by atoms with E-state index in [-0.39, 0.29) is 0 Å². The van der Waals surface area contributed by atoms with Crippen molar-refractivity contribution < 1.29 is 0 Å². The number of aliphatic imine (C=N–C) groups is 1. The van der Waals surface area contributed by atoms with Gasteiger partial charge >= 0.3 is 0 Å². The summed E-state index contributed by atoms with van der Waals surface area (Å²) in [7, 11) is 1.85. The van der Waals surface area contributed by atoms with E-state index in [0.717, 1.165) is 38.4 Å². The molecule has 4 heteroatoms. The third kappa shape index (κ3) is 5.57. The Morgan fingerprint density at radius 2 is 1.85 bits per heavy atom. The van der Waals surface area contributed by atoms with E-state index >= 15 is 0 Å². The number of guanidine groups is 1. The van der Waals surface area contributed by atoms with Crippen molar-refractivity contribution in [2.45, 2.75) is 51.9 Å². The normalized spacial score (nSPS) is 21.1. The highest BCUT2D eigenvalue weighted by atomic mass is 15.2. The van der Waals surface area contributed by atoms with Gasteiger partial charge in [-0.2, -0.15) is 0 Å². The molecule has 2 aromatic rings. The van der Waals surface area contributed by atoms with Gasteiger partial charge in [0.05, 0.1) is 0 Å². The first-order valence-corrected chi connectivity index (χ1v) is 9.95. The van der Waals surface area contributed by atoms with Crippen LogP contribution in [0.15, 0.2) is 59.6 Å². The molecule has 3 rings (SSSR count). The average molecular weight is 365 g/mol. The van der Waals surface area contributed by atoms with Gasteiger partial charge in [0.2, 0.25) is 0 Å². The number of likely N-dealkylation sites (tertiary alicyclic amines) is 1. The molecule has 0 spiro atoms. The highest BCUT2D eigenvalue weighted by Crippen LogP contribution is 2.20. The van der Waals surface area contributed by atoms with Crippen LogP contribution in [-0.4, -0.2) is 36.5 Å². The maximum absolute atomic E-state index is 4.42. The van der Waals surface area contributed by atoms with E-state index in [1.54, 1.807) is 0 Å². The Bertz CT molecular complexity index is 741. The van der Waals surface area contributed by atoms with Crippen molar-refractivity contribution in [3.8, 4) is 0 Å². The van der Waals surface area contributed by atoms with E-state index < -0.39 is 0 Å².